The van der Waals surface area contributed by atoms with Crippen molar-refractivity contribution in [2.24, 2.45) is 11.5 Å². The second-order valence-electron chi connectivity index (χ2n) is 6.37. The van der Waals surface area contributed by atoms with Crippen LogP contribution in [0.4, 0.5) is 5.69 Å². The van der Waals surface area contributed by atoms with E-state index in [1.807, 2.05) is 6.07 Å². The molecule has 0 aliphatic heterocycles. The number of hydrogen-bond donors (Lipinski definition) is 3. The number of pyridine rings is 1. The Morgan fingerprint density at radius 1 is 1.00 bits per heavy atom. The lowest BCUT2D eigenvalue weighted by molar-refractivity contribution is -0.123. The molecule has 0 aliphatic rings. The summed E-state index contributed by atoms with van der Waals surface area (Å²) in [4.78, 5) is 28.4. The summed E-state index contributed by atoms with van der Waals surface area (Å²) in [5, 5.41) is 3.27. The van der Waals surface area contributed by atoms with Crippen LogP contribution in [0.25, 0.3) is 0 Å². The Kier molecular flexibility index (Phi) is 5.73. The Morgan fingerprint density at radius 2 is 1.64 bits per heavy atom. The van der Waals surface area contributed by atoms with E-state index >= 15 is 0 Å². The van der Waals surface area contributed by atoms with Gasteiger partial charge in [-0.3, -0.25) is 14.6 Å². The van der Waals surface area contributed by atoms with Gasteiger partial charge < -0.3 is 16.8 Å². The Balaban J connectivity index is 1.84. The Morgan fingerprint density at radius 3 is 2.25 bits per heavy atom. The predicted molar refractivity (Wildman–Crippen MR) is 109 cm³/mol. The highest BCUT2D eigenvalue weighted by molar-refractivity contribution is 6.31. The van der Waals surface area contributed by atoms with E-state index in [4.69, 9.17) is 23.1 Å². The molecule has 3 aromatic rings. The molecule has 1 atom stereocenters. The number of hydrogen-bond acceptors (Lipinski definition) is 4. The van der Waals surface area contributed by atoms with Crippen LogP contribution >= 0.6 is 11.6 Å². The van der Waals surface area contributed by atoms with Crippen molar-refractivity contribution < 1.29 is 9.59 Å². The number of aromatic nitrogens is 1. The zero-order chi connectivity index (χ0) is 20.1. The van der Waals surface area contributed by atoms with Crippen LogP contribution in [0.3, 0.4) is 0 Å². The number of amides is 2. The largest absolute Gasteiger partial charge is 0.368 e. The smallest absolute Gasteiger partial charge is 0.255 e. The van der Waals surface area contributed by atoms with E-state index in [-0.39, 0.29) is 12.3 Å². The van der Waals surface area contributed by atoms with Crippen molar-refractivity contribution in [3.05, 3.63) is 94.8 Å². The van der Waals surface area contributed by atoms with Crippen molar-refractivity contribution in [2.75, 3.05) is 5.32 Å². The fourth-order valence-corrected chi connectivity index (χ4v) is 3.03. The van der Waals surface area contributed by atoms with Crippen LogP contribution in [0.15, 0.2) is 73.1 Å². The molecule has 6 nitrogen and oxygen atoms in total. The summed E-state index contributed by atoms with van der Waals surface area (Å²) in [5.41, 5.74) is 12.8. The molecule has 1 unspecified atom stereocenters. The van der Waals surface area contributed by atoms with Crippen LogP contribution in [0.2, 0.25) is 5.02 Å². The average Bonchev–Trinajstić information content (AvgIpc) is 2.70. The molecule has 1 aromatic heterocycles. The minimum atomic E-state index is -1.45. The number of nitrogens with one attached hydrogen (secondary N) is 1. The summed E-state index contributed by atoms with van der Waals surface area (Å²) in [6.07, 6.45) is 3.32. The highest BCUT2D eigenvalue weighted by Gasteiger charge is 2.35. The van der Waals surface area contributed by atoms with Crippen molar-refractivity contribution in [1.29, 1.82) is 0 Å². The molecule has 142 valence electrons. The lowest BCUT2D eigenvalue weighted by Crippen LogP contribution is -2.50. The predicted octanol–water partition coefficient (Wildman–Crippen LogP) is 2.87. The maximum atomic E-state index is 12.4. The van der Waals surface area contributed by atoms with Crippen LogP contribution in [0.1, 0.15) is 21.5 Å². The number of anilines is 1. The van der Waals surface area contributed by atoms with E-state index in [0.717, 1.165) is 0 Å². The number of primary amides is 1. The molecule has 1 heterocycles. The Bertz CT molecular complexity index is 993. The molecule has 0 aliphatic carbocycles. The summed E-state index contributed by atoms with van der Waals surface area (Å²) in [6, 6.07) is 17.0. The zero-order valence-corrected chi connectivity index (χ0v) is 15.7. The van der Waals surface area contributed by atoms with Gasteiger partial charge in [0.1, 0.15) is 5.54 Å². The van der Waals surface area contributed by atoms with Gasteiger partial charge in [0.05, 0.1) is 0 Å². The standard InChI is InChI=1S/C21H19ClN4O2/c22-18-4-2-1-3-15(18)13-21(24,20(23)28)16-7-5-14(6-8-16)19(27)26-17-9-11-25-12-10-17/h1-12H,13,24H2,(H2,23,28)(H,25,26,27). The van der Waals surface area contributed by atoms with Crippen LogP contribution in [-0.4, -0.2) is 16.8 Å². The average molecular weight is 395 g/mol. The molecule has 0 spiro atoms. The molecular formula is C21H19ClN4O2. The van der Waals surface area contributed by atoms with Gasteiger partial charge in [-0.25, -0.2) is 0 Å². The molecule has 3 rings (SSSR count). The number of nitrogens with zero attached hydrogens (tertiary/aromatic N) is 1. The van der Waals surface area contributed by atoms with Gasteiger partial charge in [0.2, 0.25) is 5.91 Å². The van der Waals surface area contributed by atoms with Gasteiger partial charge in [-0.1, -0.05) is 41.9 Å². The first-order chi connectivity index (χ1) is 13.4. The summed E-state index contributed by atoms with van der Waals surface area (Å²) >= 11 is 6.20. The van der Waals surface area contributed by atoms with Gasteiger partial charge in [0, 0.05) is 35.1 Å². The van der Waals surface area contributed by atoms with E-state index in [0.29, 0.717) is 27.4 Å². The fraction of sp³-hybridized carbons (Fsp3) is 0.0952. The normalized spacial score (nSPS) is 12.8. The van der Waals surface area contributed by atoms with Crippen LogP contribution in [-0.2, 0) is 16.8 Å². The maximum absolute atomic E-state index is 12.4. The minimum absolute atomic E-state index is 0.143. The molecule has 0 radical (unpaired) electrons. The second-order valence-corrected chi connectivity index (χ2v) is 6.78. The molecular weight excluding hydrogens is 376 g/mol. The first-order valence-electron chi connectivity index (χ1n) is 8.54. The lowest BCUT2D eigenvalue weighted by Gasteiger charge is -2.27. The van der Waals surface area contributed by atoms with Gasteiger partial charge in [-0.2, -0.15) is 0 Å². The molecule has 0 saturated heterocycles. The van der Waals surface area contributed by atoms with Crippen LogP contribution in [0.5, 0.6) is 0 Å². The number of benzene rings is 2. The van der Waals surface area contributed by atoms with Crippen molar-refractivity contribution in [3.63, 3.8) is 0 Å². The number of rotatable bonds is 6. The van der Waals surface area contributed by atoms with Gasteiger partial charge in [0.15, 0.2) is 0 Å². The first kappa shape index (κ1) is 19.5. The van der Waals surface area contributed by atoms with E-state index < -0.39 is 11.4 Å². The van der Waals surface area contributed by atoms with E-state index in [1.54, 1.807) is 67.0 Å². The summed E-state index contributed by atoms with van der Waals surface area (Å²) < 4.78 is 0. The highest BCUT2D eigenvalue weighted by atomic mass is 35.5. The van der Waals surface area contributed by atoms with Crippen LogP contribution in [0, 0.1) is 0 Å². The van der Waals surface area contributed by atoms with Crippen molar-refractivity contribution in [3.8, 4) is 0 Å². The Hall–Kier alpha value is -3.22. The maximum Gasteiger partial charge on any atom is 0.255 e. The number of nitrogens with two attached hydrogens (primary N) is 2. The monoisotopic (exact) mass is 394 g/mol. The minimum Gasteiger partial charge on any atom is -0.368 e. The molecule has 0 fully saturated rings. The number of halogens is 1. The third-order valence-corrected chi connectivity index (χ3v) is 4.84. The van der Waals surface area contributed by atoms with Gasteiger partial charge in [0.25, 0.3) is 5.91 Å². The van der Waals surface area contributed by atoms with Crippen molar-refractivity contribution in [1.82, 2.24) is 4.98 Å². The topological polar surface area (TPSA) is 111 Å². The molecule has 28 heavy (non-hydrogen) atoms. The zero-order valence-electron chi connectivity index (χ0n) is 14.9. The fourth-order valence-electron chi connectivity index (χ4n) is 2.83. The SMILES string of the molecule is NC(=O)C(N)(Cc1ccccc1Cl)c1ccc(C(=O)Nc2ccncc2)cc1. The third kappa shape index (κ3) is 4.19. The molecule has 7 heteroatoms. The van der Waals surface area contributed by atoms with E-state index in [1.165, 1.54) is 0 Å². The number of carbonyl (C=O) groups excluding carboxylic acids is 2. The molecule has 5 N–H and O–H groups in total. The quantitative estimate of drug-likeness (QED) is 0.596. The van der Waals surface area contributed by atoms with Gasteiger partial charge >= 0.3 is 0 Å². The third-order valence-electron chi connectivity index (χ3n) is 4.47. The van der Waals surface area contributed by atoms with Crippen molar-refractivity contribution in [2.45, 2.75) is 12.0 Å². The van der Waals surface area contributed by atoms with E-state index in [2.05, 4.69) is 10.3 Å². The molecule has 0 bridgehead atoms. The second kappa shape index (κ2) is 8.21. The van der Waals surface area contributed by atoms with Gasteiger partial charge in [-0.05, 0) is 41.5 Å². The summed E-state index contributed by atoms with van der Waals surface area (Å²) in [6.45, 7) is 0. The number of carbonyl (C=O) groups is 2. The highest BCUT2D eigenvalue weighted by Crippen LogP contribution is 2.27. The van der Waals surface area contributed by atoms with Crippen molar-refractivity contribution >= 4 is 29.1 Å². The molecule has 0 saturated carbocycles. The Labute approximate surface area is 167 Å². The lowest BCUT2D eigenvalue weighted by atomic mass is 9.83. The van der Waals surface area contributed by atoms with Crippen LogP contribution < -0.4 is 16.8 Å². The molecule has 2 aromatic carbocycles. The molecule has 2 amide bonds. The van der Waals surface area contributed by atoms with Gasteiger partial charge in [-0.15, -0.1) is 0 Å². The first-order valence-corrected chi connectivity index (χ1v) is 8.92. The summed E-state index contributed by atoms with van der Waals surface area (Å²) in [5.74, 6) is -0.966. The van der Waals surface area contributed by atoms with E-state index in [9.17, 15) is 9.59 Å². The summed E-state index contributed by atoms with van der Waals surface area (Å²) in [7, 11) is 0.